The predicted molar refractivity (Wildman–Crippen MR) is 92.8 cm³/mol. The molecule has 0 aliphatic heterocycles. The van der Waals surface area contributed by atoms with Gasteiger partial charge in [-0.15, -0.1) is 0 Å². The minimum Gasteiger partial charge on any atom is -0.389 e. The van der Waals surface area contributed by atoms with E-state index in [1.165, 1.54) is 36.8 Å². The summed E-state index contributed by atoms with van der Waals surface area (Å²) in [7, 11) is 0. The van der Waals surface area contributed by atoms with Crippen molar-refractivity contribution in [2.75, 3.05) is 0 Å². The van der Waals surface area contributed by atoms with Crippen LogP contribution < -0.4 is 0 Å². The van der Waals surface area contributed by atoms with Gasteiger partial charge in [0.05, 0.1) is 6.10 Å². The highest BCUT2D eigenvalue weighted by Gasteiger charge is 2.39. The van der Waals surface area contributed by atoms with E-state index in [-0.39, 0.29) is 11.5 Å². The van der Waals surface area contributed by atoms with Crippen LogP contribution in [0, 0.1) is 11.8 Å². The summed E-state index contributed by atoms with van der Waals surface area (Å²) in [5.41, 5.74) is 3.03. The van der Waals surface area contributed by atoms with E-state index in [1.54, 1.807) is 0 Å². The molecule has 22 heavy (non-hydrogen) atoms. The van der Waals surface area contributed by atoms with Crippen LogP contribution in [-0.2, 0) is 5.41 Å². The quantitative estimate of drug-likeness (QED) is 0.830. The van der Waals surface area contributed by atoms with E-state index < -0.39 is 0 Å². The molecule has 0 bridgehead atoms. The number of allylic oxidation sites excluding steroid dienone is 2. The Kier molecular flexibility index (Phi) is 4.54. The molecule has 1 saturated carbocycles. The van der Waals surface area contributed by atoms with Gasteiger partial charge in [0.2, 0.25) is 0 Å². The Morgan fingerprint density at radius 2 is 1.77 bits per heavy atom. The smallest absolute Gasteiger partial charge is 0.0758 e. The molecule has 0 saturated heterocycles. The summed E-state index contributed by atoms with van der Waals surface area (Å²) in [6, 6.07) is 11.0. The SMILES string of the molecule is CC(C)C1CCC(C2=CCC(O)C=C2)(c2ccccc2)CC1. The van der Waals surface area contributed by atoms with E-state index in [0.29, 0.717) is 0 Å². The van der Waals surface area contributed by atoms with Crippen molar-refractivity contribution in [3.8, 4) is 0 Å². The van der Waals surface area contributed by atoms with Crippen molar-refractivity contribution in [3.05, 3.63) is 59.7 Å². The molecule has 0 radical (unpaired) electrons. The summed E-state index contributed by atoms with van der Waals surface area (Å²) in [5.74, 6) is 1.64. The zero-order chi connectivity index (χ0) is 15.6. The van der Waals surface area contributed by atoms with Crippen molar-refractivity contribution in [2.24, 2.45) is 11.8 Å². The molecule has 3 rings (SSSR count). The first-order valence-electron chi connectivity index (χ1n) is 8.74. The third-order valence-electron chi connectivity index (χ3n) is 5.78. The average molecular weight is 296 g/mol. The fraction of sp³-hybridized carbons (Fsp3) is 0.524. The van der Waals surface area contributed by atoms with Crippen LogP contribution in [0.3, 0.4) is 0 Å². The molecule has 1 aromatic rings. The molecule has 0 heterocycles. The number of hydrogen-bond acceptors (Lipinski definition) is 1. The molecule has 2 aliphatic carbocycles. The third-order valence-corrected chi connectivity index (χ3v) is 5.78. The normalized spacial score (nSPS) is 32.1. The minimum atomic E-state index is -0.302. The summed E-state index contributed by atoms with van der Waals surface area (Å²) in [6.07, 6.45) is 11.9. The highest BCUT2D eigenvalue weighted by atomic mass is 16.3. The van der Waals surface area contributed by atoms with Gasteiger partial charge in [0, 0.05) is 5.41 Å². The predicted octanol–water partition coefficient (Wildman–Crippen LogP) is 5.02. The van der Waals surface area contributed by atoms with Crippen LogP contribution >= 0.6 is 0 Å². The van der Waals surface area contributed by atoms with Gasteiger partial charge < -0.3 is 5.11 Å². The van der Waals surface area contributed by atoms with E-state index >= 15 is 0 Å². The molecule has 118 valence electrons. The maximum atomic E-state index is 9.76. The molecule has 1 N–H and O–H groups in total. The summed E-state index contributed by atoms with van der Waals surface area (Å²) < 4.78 is 0. The van der Waals surface area contributed by atoms with Crippen LogP contribution in [-0.4, -0.2) is 11.2 Å². The second kappa shape index (κ2) is 6.42. The molecule has 2 aliphatic rings. The highest BCUT2D eigenvalue weighted by molar-refractivity contribution is 5.44. The van der Waals surface area contributed by atoms with Gasteiger partial charge in [-0.25, -0.2) is 0 Å². The van der Waals surface area contributed by atoms with Gasteiger partial charge in [0.25, 0.3) is 0 Å². The first-order valence-corrected chi connectivity index (χ1v) is 8.74. The Bertz CT molecular complexity index is 545. The summed E-state index contributed by atoms with van der Waals surface area (Å²) in [5, 5.41) is 9.76. The van der Waals surface area contributed by atoms with Gasteiger partial charge in [-0.2, -0.15) is 0 Å². The lowest BCUT2D eigenvalue weighted by Crippen LogP contribution is -2.35. The third kappa shape index (κ3) is 2.92. The lowest BCUT2D eigenvalue weighted by molar-refractivity contribution is 0.209. The highest BCUT2D eigenvalue weighted by Crippen LogP contribution is 2.49. The minimum absolute atomic E-state index is 0.156. The molecule has 1 heteroatoms. The van der Waals surface area contributed by atoms with Crippen molar-refractivity contribution in [1.29, 1.82) is 0 Å². The van der Waals surface area contributed by atoms with Crippen molar-refractivity contribution in [2.45, 2.75) is 57.5 Å². The summed E-state index contributed by atoms with van der Waals surface area (Å²) in [4.78, 5) is 0. The van der Waals surface area contributed by atoms with Crippen LogP contribution in [0.5, 0.6) is 0 Å². The first kappa shape index (κ1) is 15.6. The largest absolute Gasteiger partial charge is 0.389 e. The number of aliphatic hydroxyl groups is 1. The lowest BCUT2D eigenvalue weighted by atomic mass is 9.60. The van der Waals surface area contributed by atoms with Crippen LogP contribution in [0.2, 0.25) is 0 Å². The molecule has 1 fully saturated rings. The van der Waals surface area contributed by atoms with E-state index in [0.717, 1.165) is 18.3 Å². The van der Waals surface area contributed by atoms with E-state index in [2.05, 4.69) is 56.3 Å². The molecule has 1 unspecified atom stereocenters. The number of benzene rings is 1. The Morgan fingerprint density at radius 3 is 2.32 bits per heavy atom. The van der Waals surface area contributed by atoms with Gasteiger partial charge >= 0.3 is 0 Å². The molecular formula is C21H28O. The monoisotopic (exact) mass is 296 g/mol. The molecular weight excluding hydrogens is 268 g/mol. The van der Waals surface area contributed by atoms with Crippen LogP contribution in [0.25, 0.3) is 0 Å². The van der Waals surface area contributed by atoms with Crippen LogP contribution in [0.15, 0.2) is 54.1 Å². The Balaban J connectivity index is 1.93. The molecule has 1 aromatic carbocycles. The fourth-order valence-electron chi connectivity index (χ4n) is 4.26. The van der Waals surface area contributed by atoms with Crippen molar-refractivity contribution in [1.82, 2.24) is 0 Å². The summed E-state index contributed by atoms with van der Waals surface area (Å²) >= 11 is 0. The van der Waals surface area contributed by atoms with Gasteiger partial charge in [0.1, 0.15) is 0 Å². The van der Waals surface area contributed by atoms with Crippen molar-refractivity contribution < 1.29 is 5.11 Å². The van der Waals surface area contributed by atoms with Crippen molar-refractivity contribution >= 4 is 0 Å². The van der Waals surface area contributed by atoms with Gasteiger partial charge in [-0.05, 0) is 55.1 Å². The van der Waals surface area contributed by atoms with Crippen LogP contribution in [0.1, 0.15) is 51.5 Å². The molecule has 0 spiro atoms. The zero-order valence-corrected chi connectivity index (χ0v) is 13.8. The first-order chi connectivity index (χ1) is 10.6. The van der Waals surface area contributed by atoms with Gasteiger partial charge in [-0.3, -0.25) is 0 Å². The maximum Gasteiger partial charge on any atom is 0.0758 e. The lowest BCUT2D eigenvalue weighted by Gasteiger charge is -2.43. The van der Waals surface area contributed by atoms with E-state index in [9.17, 15) is 5.11 Å². The number of aliphatic hydroxyl groups excluding tert-OH is 1. The molecule has 0 amide bonds. The Labute approximate surface area is 134 Å². The molecule has 1 atom stereocenters. The maximum absolute atomic E-state index is 9.76. The van der Waals surface area contributed by atoms with Gasteiger partial charge in [0.15, 0.2) is 0 Å². The second-order valence-electron chi connectivity index (χ2n) is 7.35. The second-order valence-corrected chi connectivity index (χ2v) is 7.35. The van der Waals surface area contributed by atoms with Gasteiger partial charge in [-0.1, -0.05) is 62.4 Å². The van der Waals surface area contributed by atoms with Crippen LogP contribution in [0.4, 0.5) is 0 Å². The standard InChI is InChI=1S/C21H28O/c1-16(2)17-12-14-21(15-13-17,18-6-4-3-5-7-18)19-8-10-20(22)11-9-19/h3-10,16-17,20,22H,11-15H2,1-2H3. The average Bonchev–Trinajstić information content (AvgIpc) is 2.56. The number of rotatable bonds is 3. The zero-order valence-electron chi connectivity index (χ0n) is 13.8. The topological polar surface area (TPSA) is 20.2 Å². The summed E-state index contributed by atoms with van der Waals surface area (Å²) in [6.45, 7) is 4.71. The number of hydrogen-bond donors (Lipinski definition) is 1. The molecule has 0 aromatic heterocycles. The van der Waals surface area contributed by atoms with E-state index in [1.807, 2.05) is 6.08 Å². The molecule has 1 nitrogen and oxygen atoms in total. The van der Waals surface area contributed by atoms with E-state index in [4.69, 9.17) is 0 Å². The van der Waals surface area contributed by atoms with Crippen molar-refractivity contribution in [3.63, 3.8) is 0 Å². The Morgan fingerprint density at radius 1 is 1.09 bits per heavy atom. The Hall–Kier alpha value is -1.34. The fourth-order valence-corrected chi connectivity index (χ4v) is 4.26.